The maximum Gasteiger partial charge on any atom is 0.262 e. The first-order valence-electron chi connectivity index (χ1n) is 15.6. The summed E-state index contributed by atoms with van der Waals surface area (Å²) in [4.78, 5) is 35.0. The van der Waals surface area contributed by atoms with Crippen molar-refractivity contribution in [2.75, 3.05) is 39.8 Å². The summed E-state index contributed by atoms with van der Waals surface area (Å²) in [7, 11) is 1.97. The fourth-order valence-corrected chi connectivity index (χ4v) is 7.21. The Balaban J connectivity index is 0.000000187. The summed E-state index contributed by atoms with van der Waals surface area (Å²) in [5.74, 6) is -1.14. The molecular formula is C33H43F3N6O2. The van der Waals surface area contributed by atoms with Crippen LogP contribution in [0.2, 0.25) is 0 Å². The van der Waals surface area contributed by atoms with Gasteiger partial charge in [0.1, 0.15) is 23.1 Å². The first-order chi connectivity index (χ1) is 21.1. The van der Waals surface area contributed by atoms with E-state index >= 15 is 0 Å². The summed E-state index contributed by atoms with van der Waals surface area (Å²) < 4.78 is 42.0. The van der Waals surface area contributed by atoms with Gasteiger partial charge in [-0.25, -0.2) is 18.2 Å². The molecule has 1 spiro atoms. The lowest BCUT2D eigenvalue weighted by Crippen LogP contribution is -2.60. The zero-order valence-electron chi connectivity index (χ0n) is 25.9. The number of nitrogens with zero attached hydrogens (tertiary/aromatic N) is 5. The molecule has 2 saturated heterocycles. The topological polar surface area (TPSA) is 73.2 Å². The van der Waals surface area contributed by atoms with Crippen molar-refractivity contribution in [3.8, 4) is 0 Å². The molecule has 1 saturated carbocycles. The molecule has 8 nitrogen and oxygen atoms in total. The number of likely N-dealkylation sites (tertiary alicyclic amines) is 1. The first-order valence-corrected chi connectivity index (χ1v) is 15.6. The van der Waals surface area contributed by atoms with Crippen molar-refractivity contribution in [2.45, 2.75) is 76.5 Å². The van der Waals surface area contributed by atoms with Crippen LogP contribution in [0.5, 0.6) is 0 Å². The number of piperazine rings is 1. The highest BCUT2D eigenvalue weighted by Crippen LogP contribution is 2.38. The van der Waals surface area contributed by atoms with Gasteiger partial charge in [-0.3, -0.25) is 23.8 Å². The van der Waals surface area contributed by atoms with Gasteiger partial charge in [-0.1, -0.05) is 19.8 Å². The van der Waals surface area contributed by atoms with Crippen LogP contribution in [-0.2, 0) is 11.3 Å². The van der Waals surface area contributed by atoms with Crippen molar-refractivity contribution in [3.63, 3.8) is 0 Å². The fourth-order valence-electron chi connectivity index (χ4n) is 7.21. The number of piperidine rings is 1. The maximum absolute atomic E-state index is 13.8. The fraction of sp³-hybridized carbons (Fsp3) is 0.545. The van der Waals surface area contributed by atoms with Gasteiger partial charge in [0.15, 0.2) is 0 Å². The van der Waals surface area contributed by atoms with Crippen molar-refractivity contribution in [2.24, 2.45) is 0 Å². The Morgan fingerprint density at radius 1 is 1.07 bits per heavy atom. The number of nitrogens with one attached hydrogen (secondary N) is 1. The van der Waals surface area contributed by atoms with Crippen LogP contribution in [0.1, 0.15) is 68.3 Å². The molecule has 1 N–H and O–H groups in total. The lowest BCUT2D eigenvalue weighted by atomic mass is 9.91. The number of amides is 1. The molecule has 2 unspecified atom stereocenters. The van der Waals surface area contributed by atoms with Crippen molar-refractivity contribution in [1.82, 2.24) is 29.4 Å². The van der Waals surface area contributed by atoms with Gasteiger partial charge >= 0.3 is 0 Å². The average Bonchev–Trinajstić information content (AvgIpc) is 3.47. The van der Waals surface area contributed by atoms with Crippen LogP contribution >= 0.6 is 0 Å². The Morgan fingerprint density at radius 3 is 2.55 bits per heavy atom. The van der Waals surface area contributed by atoms with E-state index < -0.39 is 5.82 Å². The third kappa shape index (κ3) is 6.84. The van der Waals surface area contributed by atoms with Gasteiger partial charge in [0.05, 0.1) is 5.56 Å². The zero-order valence-corrected chi connectivity index (χ0v) is 25.9. The molecule has 3 aromatic rings. The number of fused-ring (bicyclic) bond motifs is 1. The molecule has 2 aromatic heterocycles. The summed E-state index contributed by atoms with van der Waals surface area (Å²) in [6, 6.07) is 6.89. The lowest BCUT2D eigenvalue weighted by molar-refractivity contribution is -0.124. The number of carbonyl (C=O) groups excluding carboxylic acids is 1. The van der Waals surface area contributed by atoms with Crippen LogP contribution in [0, 0.1) is 24.4 Å². The molecule has 3 aliphatic rings. The smallest absolute Gasteiger partial charge is 0.262 e. The number of aromatic nitrogens is 2. The highest BCUT2D eigenvalue weighted by atomic mass is 19.1. The quantitative estimate of drug-likeness (QED) is 0.416. The SMILES string of the molecule is CCNC1CCN(C)C(c2cc(F)ccc2F)C1.Cc1nc2ccc(F)cn2c(=O)c1CN1CCN(C=O)CC12CCCC2. The van der Waals surface area contributed by atoms with Gasteiger partial charge in [0.25, 0.3) is 5.56 Å². The monoisotopic (exact) mass is 612 g/mol. The van der Waals surface area contributed by atoms with Crippen LogP contribution < -0.4 is 10.9 Å². The summed E-state index contributed by atoms with van der Waals surface area (Å²) in [5.41, 5.74) is 1.96. The number of rotatable bonds is 6. The van der Waals surface area contributed by atoms with E-state index in [-0.39, 0.29) is 28.8 Å². The number of hydrogen-bond acceptors (Lipinski definition) is 6. The van der Waals surface area contributed by atoms with E-state index in [2.05, 4.69) is 27.0 Å². The van der Waals surface area contributed by atoms with E-state index in [1.165, 1.54) is 40.9 Å². The van der Waals surface area contributed by atoms with E-state index in [4.69, 9.17) is 0 Å². The normalized spacial score (nSPS) is 22.3. The lowest BCUT2D eigenvalue weighted by Gasteiger charge is -2.48. The van der Waals surface area contributed by atoms with Gasteiger partial charge in [0.2, 0.25) is 6.41 Å². The predicted octanol–water partition coefficient (Wildman–Crippen LogP) is 4.44. The molecule has 6 rings (SSSR count). The number of hydrogen-bond donors (Lipinski definition) is 1. The van der Waals surface area contributed by atoms with Crippen molar-refractivity contribution in [3.05, 3.63) is 81.2 Å². The van der Waals surface area contributed by atoms with Crippen LogP contribution in [0.3, 0.4) is 0 Å². The zero-order chi connectivity index (χ0) is 31.4. The van der Waals surface area contributed by atoms with Crippen molar-refractivity contribution >= 4 is 12.1 Å². The third-order valence-electron chi connectivity index (χ3n) is 9.62. The Morgan fingerprint density at radius 2 is 1.82 bits per heavy atom. The van der Waals surface area contributed by atoms with E-state index in [1.807, 2.05) is 18.9 Å². The molecule has 0 radical (unpaired) electrons. The van der Waals surface area contributed by atoms with Crippen molar-refractivity contribution in [1.29, 1.82) is 0 Å². The van der Waals surface area contributed by atoms with Crippen LogP contribution in [-0.4, -0.2) is 81.8 Å². The van der Waals surface area contributed by atoms with E-state index in [0.717, 1.165) is 64.6 Å². The number of halogens is 3. The molecule has 11 heteroatoms. The molecular weight excluding hydrogens is 569 g/mol. The van der Waals surface area contributed by atoms with Crippen molar-refractivity contribution < 1.29 is 18.0 Å². The van der Waals surface area contributed by atoms with E-state index in [1.54, 1.807) is 0 Å². The highest BCUT2D eigenvalue weighted by Gasteiger charge is 2.43. The molecule has 2 atom stereocenters. The van der Waals surface area contributed by atoms with Crippen LogP contribution in [0.15, 0.2) is 41.3 Å². The number of pyridine rings is 1. The Bertz CT molecular complexity index is 1530. The van der Waals surface area contributed by atoms with E-state index in [9.17, 15) is 22.8 Å². The predicted molar refractivity (Wildman–Crippen MR) is 164 cm³/mol. The molecule has 44 heavy (non-hydrogen) atoms. The number of aryl methyl sites for hydroxylation is 1. The van der Waals surface area contributed by atoms with Gasteiger partial charge < -0.3 is 10.2 Å². The summed E-state index contributed by atoms with van der Waals surface area (Å²) in [6.07, 6.45) is 8.36. The highest BCUT2D eigenvalue weighted by molar-refractivity contribution is 5.48. The van der Waals surface area contributed by atoms with Gasteiger partial charge in [-0.05, 0) is 83.1 Å². The van der Waals surface area contributed by atoms with Crippen LogP contribution in [0.25, 0.3) is 5.65 Å². The molecule has 238 valence electrons. The van der Waals surface area contributed by atoms with Gasteiger partial charge in [-0.15, -0.1) is 0 Å². The minimum absolute atomic E-state index is 0.0431. The summed E-state index contributed by atoms with van der Waals surface area (Å²) in [6.45, 7) is 8.32. The second-order valence-electron chi connectivity index (χ2n) is 12.4. The Labute approximate surface area is 256 Å². The standard InChI is InChI=1S/C19H23FN4O2.C14H20F2N2/c1-14-16(18(26)24-10-15(20)4-5-17(24)21-14)11-23-9-8-22(13-25)12-19(23)6-2-3-7-19;1-3-17-11-6-7-18(2)14(9-11)12-8-10(15)4-5-13(12)16/h4-5,10,13H,2-3,6-9,11-12H2,1H3;4-5,8,11,14,17H,3,6-7,9H2,1-2H3. The first kappa shape index (κ1) is 32.1. The minimum atomic E-state index is -0.455. The second kappa shape index (κ2) is 13.8. The van der Waals surface area contributed by atoms with Crippen LogP contribution in [0.4, 0.5) is 13.2 Å². The Kier molecular flexibility index (Phi) is 10.1. The van der Waals surface area contributed by atoms with E-state index in [0.29, 0.717) is 48.1 Å². The average molecular weight is 613 g/mol. The van der Waals surface area contributed by atoms with Gasteiger partial charge in [-0.2, -0.15) is 0 Å². The molecule has 1 aromatic carbocycles. The summed E-state index contributed by atoms with van der Waals surface area (Å²) >= 11 is 0. The second-order valence-corrected chi connectivity index (χ2v) is 12.4. The number of carbonyl (C=O) groups is 1. The molecule has 4 heterocycles. The van der Waals surface area contributed by atoms with Gasteiger partial charge in [0, 0.05) is 61.3 Å². The summed E-state index contributed by atoms with van der Waals surface area (Å²) in [5, 5.41) is 3.40. The third-order valence-corrected chi connectivity index (χ3v) is 9.62. The molecule has 1 aliphatic carbocycles. The minimum Gasteiger partial charge on any atom is -0.342 e. The maximum atomic E-state index is 13.8. The Hall–Kier alpha value is -3.28. The largest absolute Gasteiger partial charge is 0.342 e. The molecule has 2 aliphatic heterocycles. The molecule has 3 fully saturated rings. The molecule has 1 amide bonds. The molecule has 0 bridgehead atoms. The number of benzene rings is 1.